The number of benzene rings is 1. The smallest absolute Gasteiger partial charge is 1.00 e. The van der Waals surface area contributed by atoms with Gasteiger partial charge in [0.2, 0.25) is 0 Å². The summed E-state index contributed by atoms with van der Waals surface area (Å²) in [6.07, 6.45) is 19.3. The largest absolute Gasteiger partial charge is 1.00 e. The van der Waals surface area contributed by atoms with Crippen LogP contribution >= 0.6 is 0 Å². The van der Waals surface area contributed by atoms with Gasteiger partial charge in [0.1, 0.15) is 0 Å². The van der Waals surface area contributed by atoms with Crippen LogP contribution in [0.2, 0.25) is 3.63 Å². The molecule has 0 N–H and O–H groups in total. The second-order valence-corrected chi connectivity index (χ2v) is 13.0. The van der Waals surface area contributed by atoms with Crippen LogP contribution in [0.5, 0.6) is 0 Å². The first-order chi connectivity index (χ1) is 14.9. The third-order valence-corrected chi connectivity index (χ3v) is 10.0. The molecule has 1 aromatic carbocycles. The van der Waals surface area contributed by atoms with Crippen molar-refractivity contribution in [1.29, 1.82) is 0 Å². The quantitative estimate of drug-likeness (QED) is 0.496. The minimum absolute atomic E-state index is 0. The number of rotatable bonds is 1. The van der Waals surface area contributed by atoms with Gasteiger partial charge in [0, 0.05) is 0 Å². The third-order valence-electron chi connectivity index (χ3n) is 8.57. The molecule has 3 heteroatoms. The topological polar surface area (TPSA) is 0 Å². The first-order valence-electron chi connectivity index (χ1n) is 12.3. The van der Waals surface area contributed by atoms with Crippen molar-refractivity contribution < 1.29 is 49.5 Å². The zero-order chi connectivity index (χ0) is 21.3. The number of hydrogen-bond donors (Lipinski definition) is 0. The van der Waals surface area contributed by atoms with Crippen LogP contribution in [0.3, 0.4) is 0 Å². The number of allylic oxidation sites excluding steroid dienone is 10. The van der Waals surface area contributed by atoms with E-state index in [1.54, 1.807) is 47.0 Å². The zero-order valence-electron chi connectivity index (χ0n) is 19.9. The van der Waals surface area contributed by atoms with Gasteiger partial charge in [-0.3, -0.25) is 0 Å². The molecule has 5 unspecified atom stereocenters. The summed E-state index contributed by atoms with van der Waals surface area (Å²) >= 11 is 1.73. The maximum Gasteiger partial charge on any atom is -1.00 e. The molecule has 0 aliphatic heterocycles. The molecule has 1 aromatic rings. The normalized spacial score (nSPS) is 31.8. The van der Waals surface area contributed by atoms with Crippen LogP contribution in [0.4, 0.5) is 0 Å². The Morgan fingerprint density at radius 3 is 2.55 bits per heavy atom. The van der Waals surface area contributed by atoms with Crippen molar-refractivity contribution in [2.24, 2.45) is 29.1 Å². The van der Waals surface area contributed by atoms with Crippen LogP contribution in [0.25, 0.3) is 5.57 Å². The van der Waals surface area contributed by atoms with Crippen LogP contribution in [0.1, 0.15) is 57.6 Å². The Bertz CT molecular complexity index is 1090. The summed E-state index contributed by atoms with van der Waals surface area (Å²) in [5.41, 5.74) is 11.8. The number of fused-ring (bicyclic) bond motifs is 6. The summed E-state index contributed by atoms with van der Waals surface area (Å²) in [6, 6.07) is 9.26. The van der Waals surface area contributed by atoms with Gasteiger partial charge in [-0.25, -0.2) is 0 Å². The fourth-order valence-corrected chi connectivity index (χ4v) is 8.61. The van der Waals surface area contributed by atoms with Gasteiger partial charge in [-0.2, -0.15) is 0 Å². The van der Waals surface area contributed by atoms with Crippen molar-refractivity contribution in [3.8, 4) is 0 Å². The van der Waals surface area contributed by atoms with Crippen molar-refractivity contribution in [1.82, 2.24) is 0 Å². The summed E-state index contributed by atoms with van der Waals surface area (Å²) in [6.45, 7) is 7.07. The van der Waals surface area contributed by atoms with E-state index >= 15 is 0 Å². The van der Waals surface area contributed by atoms with E-state index in [0.29, 0.717) is 17.8 Å². The zero-order valence-corrected chi connectivity index (χ0v) is 23.8. The van der Waals surface area contributed by atoms with Gasteiger partial charge >= 0.3 is 204 Å². The molecule has 5 atom stereocenters. The molecular weight excluding hydrogens is 522 g/mol. The van der Waals surface area contributed by atoms with Gasteiger partial charge in [0.15, 0.2) is 0 Å². The first kappa shape index (κ1) is 25.5. The van der Waals surface area contributed by atoms with E-state index in [0.717, 1.165) is 9.54 Å². The average molecular weight is 556 g/mol. The molecule has 0 amide bonds. The second-order valence-electron chi connectivity index (χ2n) is 11.3. The first-order valence-corrected chi connectivity index (χ1v) is 13.7. The fraction of sp³-hybridized carbons (Fsp3) is 0.467. The molecule has 6 rings (SSSR count). The van der Waals surface area contributed by atoms with Crippen molar-refractivity contribution in [2.75, 3.05) is 0 Å². The fourth-order valence-electron chi connectivity index (χ4n) is 7.16. The Hall–Kier alpha value is -0.617. The van der Waals surface area contributed by atoms with E-state index in [-0.39, 0.29) is 30.2 Å². The number of halogens is 2. The third kappa shape index (κ3) is 4.09. The predicted octanol–water partition coefficient (Wildman–Crippen LogP) is 1.80. The SMILES string of the molecule is CC(C)(C)C1=CC(C2CC=CC3=C4C(=C5[CH]([Zr+2])CCCC5C32)Cc2ccccc24)C=C1.[Cl-].[Cl-]. The molecule has 5 aliphatic carbocycles. The van der Waals surface area contributed by atoms with E-state index < -0.39 is 0 Å². The molecule has 0 bridgehead atoms. The Labute approximate surface area is 227 Å². The van der Waals surface area contributed by atoms with E-state index in [2.05, 4.69) is 75.4 Å². The molecule has 0 nitrogen and oxygen atoms in total. The maximum absolute atomic E-state index is 2.62. The Balaban J connectivity index is 0.00000130. The van der Waals surface area contributed by atoms with Crippen LogP contribution in [-0.2, 0) is 31.1 Å². The van der Waals surface area contributed by atoms with E-state index in [4.69, 9.17) is 0 Å². The average Bonchev–Trinajstić information content (AvgIpc) is 3.39. The maximum atomic E-state index is 2.62. The minimum atomic E-state index is 0. The van der Waals surface area contributed by atoms with Gasteiger partial charge in [0.25, 0.3) is 0 Å². The van der Waals surface area contributed by atoms with Gasteiger partial charge in [0.05, 0.1) is 0 Å². The van der Waals surface area contributed by atoms with Crippen molar-refractivity contribution >= 4 is 5.57 Å². The second kappa shape index (κ2) is 9.45. The molecule has 171 valence electrons. The van der Waals surface area contributed by atoms with Crippen molar-refractivity contribution in [2.45, 2.75) is 56.5 Å². The number of hydrogen-bond acceptors (Lipinski definition) is 0. The molecule has 0 spiro atoms. The van der Waals surface area contributed by atoms with Crippen LogP contribution in [-0.4, -0.2) is 0 Å². The molecular formula is C30H33Cl2Zr. The Morgan fingerprint density at radius 1 is 1.00 bits per heavy atom. The molecule has 33 heavy (non-hydrogen) atoms. The van der Waals surface area contributed by atoms with Gasteiger partial charge in [-0.1, -0.05) is 0 Å². The van der Waals surface area contributed by atoms with Crippen molar-refractivity contribution in [3.63, 3.8) is 0 Å². The van der Waals surface area contributed by atoms with Gasteiger partial charge < -0.3 is 24.8 Å². The molecule has 1 fully saturated rings. The van der Waals surface area contributed by atoms with E-state index in [1.165, 1.54) is 43.2 Å². The van der Waals surface area contributed by atoms with E-state index in [9.17, 15) is 0 Å². The summed E-state index contributed by atoms with van der Waals surface area (Å²) in [5.74, 6) is 2.76. The summed E-state index contributed by atoms with van der Waals surface area (Å²) in [7, 11) is 0. The minimum Gasteiger partial charge on any atom is -1.00 e. The van der Waals surface area contributed by atoms with Crippen LogP contribution in [0, 0.1) is 29.1 Å². The van der Waals surface area contributed by atoms with Gasteiger partial charge in [-0.05, 0) is 0 Å². The summed E-state index contributed by atoms with van der Waals surface area (Å²) < 4.78 is 0.832. The predicted molar refractivity (Wildman–Crippen MR) is 126 cm³/mol. The van der Waals surface area contributed by atoms with Crippen molar-refractivity contribution in [3.05, 3.63) is 88.1 Å². The molecule has 0 heterocycles. The summed E-state index contributed by atoms with van der Waals surface area (Å²) in [4.78, 5) is 0. The molecule has 1 saturated carbocycles. The molecule has 0 radical (unpaired) electrons. The Morgan fingerprint density at radius 2 is 1.79 bits per heavy atom. The molecule has 5 aliphatic rings. The molecule has 0 aromatic heterocycles. The van der Waals surface area contributed by atoms with Crippen LogP contribution in [0.15, 0.2) is 76.9 Å². The molecule has 0 saturated heterocycles. The standard InChI is InChI=1S/C30H33.2ClH.Zr/c1-30(2,3)21-16-15-20(17-21)23-13-8-14-26-28(23)25-12-7-6-11-24(25)27-18-19-9-4-5-10-22(19)29(26)27;;;/h4-5,8-11,14-17,20,23,25,28H,6-7,12-13,18H2,1-3H3;2*1H;/q;;;+2/p-2. The van der Waals surface area contributed by atoms with Crippen LogP contribution < -0.4 is 24.8 Å². The Kier molecular flexibility index (Phi) is 7.29. The van der Waals surface area contributed by atoms with Gasteiger partial charge in [-0.15, -0.1) is 0 Å². The summed E-state index contributed by atoms with van der Waals surface area (Å²) in [5, 5.41) is 0. The monoisotopic (exact) mass is 553 g/mol. The van der Waals surface area contributed by atoms with E-state index in [1.807, 2.05) is 5.57 Å².